The van der Waals surface area contributed by atoms with Crippen molar-refractivity contribution in [2.24, 2.45) is 5.84 Å². The van der Waals surface area contributed by atoms with Crippen LogP contribution in [-0.2, 0) is 4.74 Å². The Morgan fingerprint density at radius 1 is 1.50 bits per heavy atom. The van der Waals surface area contributed by atoms with Gasteiger partial charge in [-0.3, -0.25) is 11.3 Å². The Morgan fingerprint density at radius 2 is 2.31 bits per heavy atom. The minimum atomic E-state index is 0.0880. The highest BCUT2D eigenvalue weighted by atomic mass is 16.5. The van der Waals surface area contributed by atoms with E-state index in [9.17, 15) is 0 Å². The number of hydrogen-bond donors (Lipinski definition) is 2. The summed E-state index contributed by atoms with van der Waals surface area (Å²) in [6, 6.07) is 8.78. The molecular weight excluding hydrogens is 200 g/mol. The number of ether oxygens (including phenoxy) is 1. The van der Waals surface area contributed by atoms with Gasteiger partial charge in [-0.05, 0) is 29.9 Å². The minimum Gasteiger partial charge on any atom is -0.383 e. The summed E-state index contributed by atoms with van der Waals surface area (Å²) < 4.78 is 5.15. The average molecular weight is 220 g/mol. The second-order valence-electron chi connectivity index (χ2n) is 4.47. The topological polar surface area (TPSA) is 47.3 Å². The van der Waals surface area contributed by atoms with Crippen LogP contribution in [0.5, 0.6) is 0 Å². The summed E-state index contributed by atoms with van der Waals surface area (Å²) in [7, 11) is 1.69. The molecular formula is C13H20N2O. The molecule has 0 amide bonds. The van der Waals surface area contributed by atoms with Gasteiger partial charge in [-0.25, -0.2) is 0 Å². The highest BCUT2D eigenvalue weighted by Gasteiger charge is 2.20. The first-order valence-electron chi connectivity index (χ1n) is 5.90. The molecule has 1 aliphatic rings. The molecule has 0 saturated heterocycles. The van der Waals surface area contributed by atoms with Gasteiger partial charge < -0.3 is 4.74 Å². The lowest BCUT2D eigenvalue weighted by molar-refractivity contribution is 0.167. The Hall–Kier alpha value is -0.900. The summed E-state index contributed by atoms with van der Waals surface area (Å²) in [6.07, 6.45) is 4.02. The van der Waals surface area contributed by atoms with Crippen molar-refractivity contribution in [1.82, 2.24) is 5.43 Å². The Morgan fingerprint density at radius 3 is 2.88 bits per heavy atom. The molecule has 0 aliphatic heterocycles. The largest absolute Gasteiger partial charge is 0.383 e. The Labute approximate surface area is 97.0 Å². The van der Waals surface area contributed by atoms with Crippen LogP contribution >= 0.6 is 0 Å². The van der Waals surface area contributed by atoms with Crippen LogP contribution in [0.3, 0.4) is 0 Å². The number of benzene rings is 1. The summed E-state index contributed by atoms with van der Waals surface area (Å²) in [5, 5.41) is 0. The SMILES string of the molecule is COCC(NN)c1cccc(C2CCC2)c1. The molecule has 1 aliphatic carbocycles. The molecule has 1 fully saturated rings. The molecule has 3 heteroatoms. The van der Waals surface area contributed by atoms with Crippen molar-refractivity contribution in [3.63, 3.8) is 0 Å². The molecule has 0 bridgehead atoms. The fourth-order valence-electron chi connectivity index (χ4n) is 2.18. The van der Waals surface area contributed by atoms with Gasteiger partial charge in [0, 0.05) is 7.11 Å². The molecule has 0 heterocycles. The number of hydrazine groups is 1. The molecule has 0 radical (unpaired) electrons. The molecule has 88 valence electrons. The van der Waals surface area contributed by atoms with Gasteiger partial charge in [0.05, 0.1) is 12.6 Å². The van der Waals surface area contributed by atoms with Crippen LogP contribution < -0.4 is 11.3 Å². The zero-order valence-corrected chi connectivity index (χ0v) is 9.78. The van der Waals surface area contributed by atoms with E-state index in [1.165, 1.54) is 30.4 Å². The first kappa shape index (κ1) is 11.6. The van der Waals surface area contributed by atoms with E-state index in [2.05, 4.69) is 29.7 Å². The maximum absolute atomic E-state index is 5.53. The highest BCUT2D eigenvalue weighted by molar-refractivity contribution is 5.29. The van der Waals surface area contributed by atoms with Gasteiger partial charge in [-0.15, -0.1) is 0 Å². The van der Waals surface area contributed by atoms with Crippen LogP contribution in [0.15, 0.2) is 24.3 Å². The minimum absolute atomic E-state index is 0.0880. The number of nitrogens with one attached hydrogen (secondary N) is 1. The van der Waals surface area contributed by atoms with Gasteiger partial charge in [-0.2, -0.15) is 0 Å². The second kappa shape index (κ2) is 5.43. The molecule has 0 spiro atoms. The van der Waals surface area contributed by atoms with Crippen LogP contribution in [0.1, 0.15) is 42.3 Å². The van der Waals surface area contributed by atoms with Crippen molar-refractivity contribution in [2.75, 3.05) is 13.7 Å². The second-order valence-corrected chi connectivity index (χ2v) is 4.47. The Bertz CT molecular complexity index is 336. The third-order valence-corrected chi connectivity index (χ3v) is 3.42. The van der Waals surface area contributed by atoms with E-state index in [0.717, 1.165) is 5.92 Å². The highest BCUT2D eigenvalue weighted by Crippen LogP contribution is 2.36. The van der Waals surface area contributed by atoms with Gasteiger partial charge in [0.2, 0.25) is 0 Å². The third-order valence-electron chi connectivity index (χ3n) is 3.42. The maximum atomic E-state index is 5.53. The van der Waals surface area contributed by atoms with Crippen molar-refractivity contribution in [3.05, 3.63) is 35.4 Å². The van der Waals surface area contributed by atoms with Crippen molar-refractivity contribution < 1.29 is 4.74 Å². The van der Waals surface area contributed by atoms with Crippen LogP contribution in [0.25, 0.3) is 0 Å². The lowest BCUT2D eigenvalue weighted by Crippen LogP contribution is -2.31. The van der Waals surface area contributed by atoms with Gasteiger partial charge >= 0.3 is 0 Å². The van der Waals surface area contributed by atoms with E-state index in [4.69, 9.17) is 10.6 Å². The number of nitrogens with two attached hydrogens (primary N) is 1. The normalized spacial score (nSPS) is 18.1. The number of rotatable bonds is 5. The van der Waals surface area contributed by atoms with Crippen molar-refractivity contribution in [3.8, 4) is 0 Å². The van der Waals surface area contributed by atoms with Crippen molar-refractivity contribution in [2.45, 2.75) is 31.2 Å². The maximum Gasteiger partial charge on any atom is 0.0693 e. The monoisotopic (exact) mass is 220 g/mol. The predicted molar refractivity (Wildman–Crippen MR) is 65.0 cm³/mol. The van der Waals surface area contributed by atoms with Gasteiger partial charge in [0.25, 0.3) is 0 Å². The molecule has 1 saturated carbocycles. The molecule has 1 aromatic rings. The quantitative estimate of drug-likeness (QED) is 0.590. The molecule has 3 nitrogen and oxygen atoms in total. The molecule has 1 aromatic carbocycles. The smallest absolute Gasteiger partial charge is 0.0693 e. The fraction of sp³-hybridized carbons (Fsp3) is 0.538. The first-order valence-corrected chi connectivity index (χ1v) is 5.90. The van der Waals surface area contributed by atoms with Crippen LogP contribution in [0, 0.1) is 0 Å². The molecule has 0 aromatic heterocycles. The molecule has 1 atom stereocenters. The first-order chi connectivity index (χ1) is 7.85. The number of hydrogen-bond acceptors (Lipinski definition) is 3. The summed E-state index contributed by atoms with van der Waals surface area (Å²) >= 11 is 0. The van der Waals surface area contributed by atoms with E-state index in [-0.39, 0.29) is 6.04 Å². The lowest BCUT2D eigenvalue weighted by Gasteiger charge is -2.27. The van der Waals surface area contributed by atoms with E-state index < -0.39 is 0 Å². The van der Waals surface area contributed by atoms with Crippen molar-refractivity contribution >= 4 is 0 Å². The third kappa shape index (κ3) is 2.43. The van der Waals surface area contributed by atoms with Gasteiger partial charge in [-0.1, -0.05) is 30.7 Å². The van der Waals surface area contributed by atoms with Crippen LogP contribution in [-0.4, -0.2) is 13.7 Å². The Balaban J connectivity index is 2.13. The fourth-order valence-corrected chi connectivity index (χ4v) is 2.18. The van der Waals surface area contributed by atoms with Crippen LogP contribution in [0.2, 0.25) is 0 Å². The van der Waals surface area contributed by atoms with Crippen LogP contribution in [0.4, 0.5) is 0 Å². The number of methoxy groups -OCH3 is 1. The van der Waals surface area contributed by atoms with E-state index in [1.807, 2.05) is 0 Å². The van der Waals surface area contributed by atoms with Crippen molar-refractivity contribution in [1.29, 1.82) is 0 Å². The predicted octanol–water partition coefficient (Wildman–Crippen LogP) is 2.10. The zero-order chi connectivity index (χ0) is 11.4. The molecule has 2 rings (SSSR count). The standard InChI is InChI=1S/C13H20N2O/c1-16-9-13(15-14)12-7-3-6-11(8-12)10-4-2-5-10/h3,6-8,10,13,15H,2,4-5,9,14H2,1H3. The van der Waals surface area contributed by atoms with Gasteiger partial charge in [0.1, 0.15) is 0 Å². The average Bonchev–Trinajstić information content (AvgIpc) is 2.24. The Kier molecular flexibility index (Phi) is 3.93. The molecule has 3 N–H and O–H groups in total. The summed E-state index contributed by atoms with van der Waals surface area (Å²) in [6.45, 7) is 0.602. The van der Waals surface area contributed by atoms with Gasteiger partial charge in [0.15, 0.2) is 0 Å². The summed E-state index contributed by atoms with van der Waals surface area (Å²) in [5.74, 6) is 6.30. The summed E-state index contributed by atoms with van der Waals surface area (Å²) in [4.78, 5) is 0. The molecule has 16 heavy (non-hydrogen) atoms. The molecule has 1 unspecified atom stereocenters. The lowest BCUT2D eigenvalue weighted by atomic mass is 9.79. The van der Waals surface area contributed by atoms with E-state index in [0.29, 0.717) is 6.61 Å². The van der Waals surface area contributed by atoms with E-state index in [1.54, 1.807) is 7.11 Å². The van der Waals surface area contributed by atoms with E-state index >= 15 is 0 Å². The summed E-state index contributed by atoms with van der Waals surface area (Å²) in [5.41, 5.74) is 5.46. The zero-order valence-electron chi connectivity index (χ0n) is 9.78.